The monoisotopic (exact) mass is 322 g/mol. The quantitative estimate of drug-likeness (QED) is 0.742. The highest BCUT2D eigenvalue weighted by Gasteiger charge is 2.29. The topological polar surface area (TPSA) is 90.4 Å². The molecule has 0 aliphatic carbocycles. The van der Waals surface area contributed by atoms with Crippen molar-refractivity contribution >= 4 is 27.6 Å². The van der Waals surface area contributed by atoms with E-state index in [4.69, 9.17) is 10.6 Å². The van der Waals surface area contributed by atoms with Crippen molar-refractivity contribution in [3.63, 3.8) is 0 Å². The molecule has 1 aliphatic heterocycles. The molecule has 1 amide bonds. The predicted octanol–water partition coefficient (Wildman–Crippen LogP) is 1.47. The Kier molecular flexibility index (Phi) is 3.36. The van der Waals surface area contributed by atoms with E-state index in [9.17, 15) is 9.59 Å². The van der Waals surface area contributed by atoms with Crippen molar-refractivity contribution < 1.29 is 9.53 Å². The summed E-state index contributed by atoms with van der Waals surface area (Å²) in [5.41, 5.74) is 0.192. The summed E-state index contributed by atoms with van der Waals surface area (Å²) >= 11 is 1.43. The molecular weight excluding hydrogens is 304 g/mol. The van der Waals surface area contributed by atoms with E-state index in [1.54, 1.807) is 4.90 Å². The molecule has 8 heteroatoms. The molecule has 2 aromatic rings. The lowest BCUT2D eigenvalue weighted by atomic mass is 10.1. The second-order valence-corrected chi connectivity index (χ2v) is 7.38. The normalized spacial score (nSPS) is 15.0. The summed E-state index contributed by atoms with van der Waals surface area (Å²) in [4.78, 5) is 31.8. The fourth-order valence-electron chi connectivity index (χ4n) is 2.48. The molecular formula is C14H18N4O3S. The zero-order valence-electron chi connectivity index (χ0n) is 12.8. The summed E-state index contributed by atoms with van der Waals surface area (Å²) in [5.74, 6) is 5.58. The summed E-state index contributed by atoms with van der Waals surface area (Å²) in [7, 11) is 0. The van der Waals surface area contributed by atoms with Crippen molar-refractivity contribution in [3.05, 3.63) is 27.1 Å². The van der Waals surface area contributed by atoms with E-state index in [1.807, 2.05) is 20.8 Å². The minimum atomic E-state index is -0.521. The van der Waals surface area contributed by atoms with Crippen LogP contribution in [0.4, 0.5) is 4.79 Å². The second kappa shape index (κ2) is 4.98. The molecule has 0 atom stereocenters. The van der Waals surface area contributed by atoms with E-state index in [-0.39, 0.29) is 11.7 Å². The van der Waals surface area contributed by atoms with E-state index in [0.29, 0.717) is 29.7 Å². The summed E-state index contributed by atoms with van der Waals surface area (Å²) in [6.07, 6.45) is 1.59. The number of carbonyl (C=O) groups is 1. The first-order chi connectivity index (χ1) is 10.3. The highest BCUT2D eigenvalue weighted by molar-refractivity contribution is 7.18. The second-order valence-electron chi connectivity index (χ2n) is 6.29. The molecule has 3 heterocycles. The lowest BCUT2D eigenvalue weighted by Crippen LogP contribution is -2.39. The van der Waals surface area contributed by atoms with Crippen LogP contribution < -0.4 is 11.4 Å². The van der Waals surface area contributed by atoms with Gasteiger partial charge in [0.05, 0.1) is 11.9 Å². The van der Waals surface area contributed by atoms with Crippen LogP contribution in [0.2, 0.25) is 0 Å². The molecule has 2 N–H and O–H groups in total. The molecule has 0 saturated heterocycles. The van der Waals surface area contributed by atoms with Crippen molar-refractivity contribution in [1.29, 1.82) is 0 Å². The number of rotatable bonds is 0. The Balaban J connectivity index is 1.93. The van der Waals surface area contributed by atoms with Gasteiger partial charge in [0.15, 0.2) is 0 Å². The molecule has 22 heavy (non-hydrogen) atoms. The first-order valence-corrected chi connectivity index (χ1v) is 7.83. The summed E-state index contributed by atoms with van der Waals surface area (Å²) in [6.45, 7) is 6.48. The number of fused-ring (bicyclic) bond motifs is 3. The van der Waals surface area contributed by atoms with Crippen LogP contribution in [0.1, 0.15) is 31.2 Å². The third-order valence-corrected chi connectivity index (χ3v) is 4.56. The van der Waals surface area contributed by atoms with Gasteiger partial charge in [-0.1, -0.05) is 0 Å². The molecule has 0 spiro atoms. The number of nitrogens with two attached hydrogens (primary N) is 1. The Morgan fingerprint density at radius 2 is 2.18 bits per heavy atom. The molecule has 118 valence electrons. The predicted molar refractivity (Wildman–Crippen MR) is 84.4 cm³/mol. The van der Waals surface area contributed by atoms with E-state index in [1.165, 1.54) is 17.7 Å². The Morgan fingerprint density at radius 3 is 2.86 bits per heavy atom. The number of nitrogens with zero attached hydrogens (tertiary/aromatic N) is 3. The van der Waals surface area contributed by atoms with Gasteiger partial charge >= 0.3 is 6.09 Å². The Labute approximate surface area is 131 Å². The van der Waals surface area contributed by atoms with Gasteiger partial charge in [-0.2, -0.15) is 0 Å². The molecule has 0 aromatic carbocycles. The average molecular weight is 322 g/mol. The van der Waals surface area contributed by atoms with Gasteiger partial charge in [0, 0.05) is 11.4 Å². The van der Waals surface area contributed by atoms with Crippen LogP contribution in [0.25, 0.3) is 10.2 Å². The minimum absolute atomic E-state index is 0.242. The molecule has 7 nitrogen and oxygen atoms in total. The number of hydrogen-bond acceptors (Lipinski definition) is 6. The van der Waals surface area contributed by atoms with Crippen LogP contribution in [0, 0.1) is 0 Å². The Bertz CT molecular complexity index is 803. The molecule has 0 bridgehead atoms. The van der Waals surface area contributed by atoms with Gasteiger partial charge in [0.25, 0.3) is 5.56 Å². The maximum absolute atomic E-state index is 12.2. The van der Waals surface area contributed by atoms with Crippen molar-refractivity contribution in [2.75, 3.05) is 12.4 Å². The smallest absolute Gasteiger partial charge is 0.410 e. The largest absolute Gasteiger partial charge is 0.444 e. The molecule has 3 rings (SSSR count). The first kappa shape index (κ1) is 14.8. The number of thiophene rings is 1. The van der Waals surface area contributed by atoms with E-state index in [0.717, 1.165) is 15.1 Å². The van der Waals surface area contributed by atoms with Crippen LogP contribution in [-0.2, 0) is 17.7 Å². The number of hydrogen-bond donors (Lipinski definition) is 1. The van der Waals surface area contributed by atoms with Gasteiger partial charge in [-0.25, -0.2) is 14.5 Å². The lowest BCUT2D eigenvalue weighted by Gasteiger charge is -2.29. The van der Waals surface area contributed by atoms with Crippen molar-refractivity contribution in [3.8, 4) is 0 Å². The molecule has 0 unspecified atom stereocenters. The van der Waals surface area contributed by atoms with Gasteiger partial charge in [0.1, 0.15) is 16.8 Å². The van der Waals surface area contributed by atoms with Gasteiger partial charge in [-0.05, 0) is 32.8 Å². The standard InChI is InChI=1S/C14H18N4O3S/c1-14(2,3)21-13(20)17-5-4-8-9(6-17)22-11-10(8)12(19)18(15)7-16-11/h7H,4-6,15H2,1-3H3. The molecule has 0 fully saturated rings. The zero-order valence-corrected chi connectivity index (χ0v) is 13.6. The maximum atomic E-state index is 12.2. The maximum Gasteiger partial charge on any atom is 0.410 e. The van der Waals surface area contributed by atoms with Gasteiger partial charge in [0.2, 0.25) is 0 Å². The third-order valence-electron chi connectivity index (χ3n) is 3.44. The Morgan fingerprint density at radius 1 is 1.45 bits per heavy atom. The number of aromatic nitrogens is 2. The first-order valence-electron chi connectivity index (χ1n) is 7.01. The highest BCUT2D eigenvalue weighted by Crippen LogP contribution is 2.32. The molecule has 2 aromatic heterocycles. The minimum Gasteiger partial charge on any atom is -0.444 e. The van der Waals surface area contributed by atoms with Crippen molar-refractivity contribution in [2.45, 2.75) is 39.3 Å². The van der Waals surface area contributed by atoms with Gasteiger partial charge in [-0.3, -0.25) is 4.79 Å². The van der Waals surface area contributed by atoms with Crippen LogP contribution in [0.5, 0.6) is 0 Å². The summed E-state index contributed by atoms with van der Waals surface area (Å²) in [5, 5.41) is 0.578. The summed E-state index contributed by atoms with van der Waals surface area (Å²) < 4.78 is 6.39. The van der Waals surface area contributed by atoms with Crippen LogP contribution >= 0.6 is 11.3 Å². The van der Waals surface area contributed by atoms with Crippen LogP contribution in [-0.4, -0.2) is 32.8 Å². The van der Waals surface area contributed by atoms with Gasteiger partial charge < -0.3 is 15.5 Å². The number of amides is 1. The Hall–Kier alpha value is -2.09. The van der Waals surface area contributed by atoms with Crippen LogP contribution in [0.3, 0.4) is 0 Å². The van der Waals surface area contributed by atoms with E-state index in [2.05, 4.69) is 4.98 Å². The van der Waals surface area contributed by atoms with E-state index >= 15 is 0 Å². The number of ether oxygens (including phenoxy) is 1. The molecule has 0 saturated carbocycles. The fourth-order valence-corrected chi connectivity index (χ4v) is 3.67. The van der Waals surface area contributed by atoms with Gasteiger partial charge in [-0.15, -0.1) is 11.3 Å². The number of carbonyl (C=O) groups excluding carboxylic acids is 1. The highest BCUT2D eigenvalue weighted by atomic mass is 32.1. The lowest BCUT2D eigenvalue weighted by molar-refractivity contribution is 0.0227. The molecule has 1 aliphatic rings. The fraction of sp³-hybridized carbons (Fsp3) is 0.500. The average Bonchev–Trinajstić information content (AvgIpc) is 2.79. The number of nitrogen functional groups attached to an aromatic ring is 1. The third kappa shape index (κ3) is 2.54. The van der Waals surface area contributed by atoms with E-state index < -0.39 is 5.60 Å². The van der Waals surface area contributed by atoms with Crippen molar-refractivity contribution in [2.24, 2.45) is 0 Å². The van der Waals surface area contributed by atoms with Crippen LogP contribution in [0.15, 0.2) is 11.1 Å². The van der Waals surface area contributed by atoms with Crippen molar-refractivity contribution in [1.82, 2.24) is 14.6 Å². The summed E-state index contributed by atoms with van der Waals surface area (Å²) in [6, 6.07) is 0. The molecule has 0 radical (unpaired) electrons. The SMILES string of the molecule is CC(C)(C)OC(=O)N1CCc2c(sc3ncn(N)c(=O)c23)C1. The zero-order chi connectivity index (χ0) is 16.1.